The zero-order valence-electron chi connectivity index (χ0n) is 12.8. The summed E-state index contributed by atoms with van der Waals surface area (Å²) in [4.78, 5) is 27.0. The molecule has 1 heterocycles. The van der Waals surface area contributed by atoms with Gasteiger partial charge >= 0.3 is 12.0 Å². The first kappa shape index (κ1) is 16.8. The molecule has 3 atom stereocenters. The predicted octanol–water partition coefficient (Wildman–Crippen LogP) is 1.65. The summed E-state index contributed by atoms with van der Waals surface area (Å²) in [7, 11) is 0. The Labute approximate surface area is 120 Å². The van der Waals surface area contributed by atoms with Crippen LogP contribution >= 0.6 is 0 Å². The van der Waals surface area contributed by atoms with E-state index in [1.54, 1.807) is 11.8 Å². The number of urea groups is 1. The van der Waals surface area contributed by atoms with Gasteiger partial charge in [-0.05, 0) is 20.3 Å². The second-order valence-corrected chi connectivity index (χ2v) is 5.42. The zero-order valence-corrected chi connectivity index (χ0v) is 12.8. The van der Waals surface area contributed by atoms with Crippen molar-refractivity contribution in [2.45, 2.75) is 46.3 Å². The van der Waals surface area contributed by atoms with Gasteiger partial charge in [0, 0.05) is 19.6 Å². The summed E-state index contributed by atoms with van der Waals surface area (Å²) in [5, 5.41) is 8.99. The van der Waals surface area contributed by atoms with Gasteiger partial charge in [0.05, 0.1) is 24.7 Å². The van der Waals surface area contributed by atoms with E-state index in [2.05, 4.69) is 0 Å². The molecule has 1 saturated heterocycles. The summed E-state index contributed by atoms with van der Waals surface area (Å²) in [6.07, 6.45) is 0.863. The third-order valence-corrected chi connectivity index (χ3v) is 3.75. The van der Waals surface area contributed by atoms with Crippen LogP contribution in [0.1, 0.15) is 34.1 Å². The number of amides is 2. The van der Waals surface area contributed by atoms with Gasteiger partial charge in [-0.25, -0.2) is 4.79 Å². The van der Waals surface area contributed by atoms with E-state index < -0.39 is 11.9 Å². The van der Waals surface area contributed by atoms with E-state index >= 15 is 0 Å². The normalized spacial score (nSPS) is 24.3. The van der Waals surface area contributed by atoms with Crippen LogP contribution in [0.5, 0.6) is 0 Å². The molecule has 1 fully saturated rings. The summed E-state index contributed by atoms with van der Waals surface area (Å²) >= 11 is 0. The average Bonchev–Trinajstić information content (AvgIpc) is 2.43. The summed E-state index contributed by atoms with van der Waals surface area (Å²) in [6.45, 7) is 9.34. The zero-order chi connectivity index (χ0) is 15.3. The third kappa shape index (κ3) is 4.10. The molecule has 0 aromatic rings. The number of nitrogens with zero attached hydrogens (tertiary/aromatic N) is 2. The number of aliphatic carboxylic acids is 1. The first-order chi connectivity index (χ1) is 9.40. The molecule has 0 saturated carbocycles. The lowest BCUT2D eigenvalue weighted by atomic mass is 10.1. The smallest absolute Gasteiger partial charge is 0.320 e. The van der Waals surface area contributed by atoms with Crippen LogP contribution in [0.15, 0.2) is 0 Å². The van der Waals surface area contributed by atoms with Crippen molar-refractivity contribution in [3.63, 3.8) is 0 Å². The van der Waals surface area contributed by atoms with Gasteiger partial charge < -0.3 is 19.6 Å². The van der Waals surface area contributed by atoms with Crippen LogP contribution in [0.3, 0.4) is 0 Å². The van der Waals surface area contributed by atoms with Gasteiger partial charge in [0.2, 0.25) is 0 Å². The van der Waals surface area contributed by atoms with Crippen molar-refractivity contribution >= 4 is 12.0 Å². The van der Waals surface area contributed by atoms with Crippen LogP contribution in [0.4, 0.5) is 4.79 Å². The molecule has 116 valence electrons. The summed E-state index contributed by atoms with van der Waals surface area (Å²) in [5.41, 5.74) is 0. The molecule has 0 spiro atoms. The Hall–Kier alpha value is -1.30. The van der Waals surface area contributed by atoms with Gasteiger partial charge in [-0.1, -0.05) is 13.8 Å². The molecular formula is C14H26N2O4. The van der Waals surface area contributed by atoms with E-state index in [0.717, 1.165) is 6.42 Å². The molecule has 0 bridgehead atoms. The molecule has 1 aliphatic heterocycles. The van der Waals surface area contributed by atoms with Crippen LogP contribution in [-0.2, 0) is 9.53 Å². The third-order valence-electron chi connectivity index (χ3n) is 3.75. The first-order valence-corrected chi connectivity index (χ1v) is 7.30. The number of ether oxygens (including phenoxy) is 1. The lowest BCUT2D eigenvalue weighted by molar-refractivity contribution is -0.141. The quantitative estimate of drug-likeness (QED) is 0.834. The van der Waals surface area contributed by atoms with Crippen molar-refractivity contribution in [3.8, 4) is 0 Å². The van der Waals surface area contributed by atoms with Gasteiger partial charge in [-0.15, -0.1) is 0 Å². The van der Waals surface area contributed by atoms with Crippen molar-refractivity contribution < 1.29 is 19.4 Å². The van der Waals surface area contributed by atoms with Gasteiger partial charge in [-0.3, -0.25) is 4.79 Å². The molecule has 3 unspecified atom stereocenters. The number of rotatable bonds is 5. The van der Waals surface area contributed by atoms with Gasteiger partial charge in [0.25, 0.3) is 0 Å². The topological polar surface area (TPSA) is 70.1 Å². The van der Waals surface area contributed by atoms with Crippen molar-refractivity contribution in [3.05, 3.63) is 0 Å². The predicted molar refractivity (Wildman–Crippen MR) is 75.6 cm³/mol. The number of carboxylic acids is 1. The maximum atomic E-state index is 12.6. The lowest BCUT2D eigenvalue weighted by Crippen LogP contribution is -2.56. The summed E-state index contributed by atoms with van der Waals surface area (Å²) in [6, 6.07) is -0.00418. The molecule has 20 heavy (non-hydrogen) atoms. The van der Waals surface area contributed by atoms with Crippen molar-refractivity contribution in [1.82, 2.24) is 9.80 Å². The number of carbonyl (C=O) groups excluding carboxylic acids is 1. The van der Waals surface area contributed by atoms with Crippen molar-refractivity contribution in [1.29, 1.82) is 0 Å². The molecule has 1 rings (SSSR count). The second kappa shape index (κ2) is 7.47. The molecule has 6 nitrogen and oxygen atoms in total. The number of carboxylic acid groups (broad SMARTS) is 1. The minimum Gasteiger partial charge on any atom is -0.481 e. The fourth-order valence-corrected chi connectivity index (χ4v) is 2.35. The van der Waals surface area contributed by atoms with E-state index in [9.17, 15) is 9.59 Å². The van der Waals surface area contributed by atoms with Gasteiger partial charge in [0.15, 0.2) is 0 Å². The maximum absolute atomic E-state index is 12.6. The Morgan fingerprint density at radius 3 is 2.60 bits per heavy atom. The number of morpholine rings is 1. The maximum Gasteiger partial charge on any atom is 0.320 e. The standard InChI is InChI=1S/C14H26N2O4/c1-5-12-9-20-11(4)8-16(12)14(19)15(6-2)7-10(3)13(17)18/h10-12H,5-9H2,1-4H3,(H,17,18). The Balaban J connectivity index is 2.74. The largest absolute Gasteiger partial charge is 0.481 e. The Morgan fingerprint density at radius 1 is 1.45 bits per heavy atom. The lowest BCUT2D eigenvalue weighted by Gasteiger charge is -2.41. The minimum absolute atomic E-state index is 0.0253. The van der Waals surface area contributed by atoms with Gasteiger partial charge in [0.1, 0.15) is 0 Å². The van der Waals surface area contributed by atoms with Crippen LogP contribution in [0.25, 0.3) is 0 Å². The Morgan fingerprint density at radius 2 is 2.10 bits per heavy atom. The second-order valence-electron chi connectivity index (χ2n) is 5.42. The molecule has 1 aliphatic rings. The molecule has 6 heteroatoms. The highest BCUT2D eigenvalue weighted by Crippen LogP contribution is 2.17. The molecule has 2 amide bonds. The van der Waals surface area contributed by atoms with Crippen LogP contribution < -0.4 is 0 Å². The van der Waals surface area contributed by atoms with Crippen LogP contribution in [-0.4, -0.2) is 65.3 Å². The highest BCUT2D eigenvalue weighted by molar-refractivity contribution is 5.76. The highest BCUT2D eigenvalue weighted by atomic mass is 16.5. The highest BCUT2D eigenvalue weighted by Gasteiger charge is 2.32. The van der Waals surface area contributed by atoms with Crippen molar-refractivity contribution in [2.75, 3.05) is 26.2 Å². The summed E-state index contributed by atoms with van der Waals surface area (Å²) < 4.78 is 5.59. The van der Waals surface area contributed by atoms with Crippen LogP contribution in [0.2, 0.25) is 0 Å². The van der Waals surface area contributed by atoms with Gasteiger partial charge in [-0.2, -0.15) is 0 Å². The molecule has 1 N–H and O–H groups in total. The number of hydrogen-bond donors (Lipinski definition) is 1. The van der Waals surface area contributed by atoms with E-state index in [1.807, 2.05) is 25.7 Å². The average molecular weight is 286 g/mol. The minimum atomic E-state index is -0.876. The molecule has 0 aromatic heterocycles. The fourth-order valence-electron chi connectivity index (χ4n) is 2.35. The Bertz CT molecular complexity index is 348. The van der Waals surface area contributed by atoms with E-state index in [-0.39, 0.29) is 24.7 Å². The molecule has 0 aliphatic carbocycles. The van der Waals surface area contributed by atoms with Crippen LogP contribution in [0, 0.1) is 5.92 Å². The van der Waals surface area contributed by atoms with Crippen molar-refractivity contribution in [2.24, 2.45) is 5.92 Å². The Kier molecular flexibility index (Phi) is 6.26. The van der Waals surface area contributed by atoms with E-state index in [0.29, 0.717) is 19.7 Å². The monoisotopic (exact) mass is 286 g/mol. The molecular weight excluding hydrogens is 260 g/mol. The first-order valence-electron chi connectivity index (χ1n) is 7.30. The molecule has 0 aromatic carbocycles. The fraction of sp³-hybridized carbons (Fsp3) is 0.857. The van der Waals surface area contributed by atoms with E-state index in [1.165, 1.54) is 0 Å². The van der Waals surface area contributed by atoms with E-state index in [4.69, 9.17) is 9.84 Å². The SMILES string of the molecule is CCC1COC(C)CN1C(=O)N(CC)CC(C)C(=O)O. The molecule has 0 radical (unpaired) electrons. The summed E-state index contributed by atoms with van der Waals surface area (Å²) in [5.74, 6) is -1.43. The number of hydrogen-bond acceptors (Lipinski definition) is 3. The number of carbonyl (C=O) groups is 2.